The Morgan fingerprint density at radius 2 is 1.05 bits per heavy atom. The number of aliphatic hydroxyl groups is 12. The van der Waals surface area contributed by atoms with E-state index in [1.54, 1.807) is 0 Å². The molecule has 0 aliphatic carbocycles. The van der Waals surface area contributed by atoms with Gasteiger partial charge in [-0.2, -0.15) is 0 Å². The first kappa shape index (κ1) is 35.6. The summed E-state index contributed by atoms with van der Waals surface area (Å²) in [7, 11) is 0. The van der Waals surface area contributed by atoms with Crippen LogP contribution < -0.4 is 0 Å². The summed E-state index contributed by atoms with van der Waals surface area (Å²) in [5.74, 6) is -1.77. The Balaban J connectivity index is 1.60. The number of carboxylic acid groups (broad SMARTS) is 1. The molecule has 0 amide bonds. The fourth-order valence-corrected chi connectivity index (χ4v) is 5.20. The summed E-state index contributed by atoms with van der Waals surface area (Å²) >= 11 is 0. The van der Waals surface area contributed by atoms with Crippen molar-refractivity contribution in [2.75, 3.05) is 19.8 Å². The molecule has 21 nitrogen and oxygen atoms in total. The van der Waals surface area contributed by atoms with E-state index in [9.17, 15) is 71.2 Å². The van der Waals surface area contributed by atoms with E-state index in [2.05, 4.69) is 0 Å². The molecule has 0 bridgehead atoms. The molecule has 21 heteroatoms. The van der Waals surface area contributed by atoms with Gasteiger partial charge in [0.25, 0.3) is 0 Å². The van der Waals surface area contributed by atoms with Gasteiger partial charge in [-0.3, -0.25) is 0 Å². The molecule has 4 rings (SSSR count). The molecular formula is C23H38O21. The monoisotopic (exact) mass is 650 g/mol. The second kappa shape index (κ2) is 14.6. The van der Waals surface area contributed by atoms with Gasteiger partial charge in [0.1, 0.15) is 85.5 Å². The van der Waals surface area contributed by atoms with Crippen LogP contribution in [-0.2, 0) is 38.0 Å². The minimum Gasteiger partial charge on any atom is -0.479 e. The van der Waals surface area contributed by atoms with Gasteiger partial charge in [-0.05, 0) is 0 Å². The van der Waals surface area contributed by atoms with Crippen LogP contribution in [-0.4, -0.2) is 209 Å². The summed E-state index contributed by atoms with van der Waals surface area (Å²) in [6.07, 6.45) is -36.1. The van der Waals surface area contributed by atoms with Gasteiger partial charge in [0, 0.05) is 0 Å². The smallest absolute Gasteiger partial charge is 0.335 e. The molecule has 0 aromatic carbocycles. The molecule has 4 heterocycles. The summed E-state index contributed by atoms with van der Waals surface area (Å²) in [4.78, 5) is 11.7. The second-order valence-corrected chi connectivity index (χ2v) is 10.7. The molecule has 4 saturated heterocycles. The van der Waals surface area contributed by atoms with Gasteiger partial charge in [0.15, 0.2) is 31.3 Å². The van der Waals surface area contributed by atoms with E-state index < -0.39 is 143 Å². The molecule has 0 aromatic rings. The van der Waals surface area contributed by atoms with Crippen molar-refractivity contribution in [1.29, 1.82) is 0 Å². The van der Waals surface area contributed by atoms with Crippen LogP contribution in [0.5, 0.6) is 0 Å². The zero-order chi connectivity index (χ0) is 32.6. The largest absolute Gasteiger partial charge is 0.479 e. The van der Waals surface area contributed by atoms with Crippen LogP contribution in [0.1, 0.15) is 0 Å². The van der Waals surface area contributed by atoms with E-state index in [0.29, 0.717) is 0 Å². The Bertz CT molecular complexity index is 940. The predicted octanol–water partition coefficient (Wildman–Crippen LogP) is -9.02. The first-order valence-electron chi connectivity index (χ1n) is 13.5. The van der Waals surface area contributed by atoms with E-state index in [1.807, 2.05) is 0 Å². The summed E-state index contributed by atoms with van der Waals surface area (Å²) in [5.41, 5.74) is 0. The average molecular weight is 651 g/mol. The lowest BCUT2D eigenvalue weighted by Crippen LogP contribution is -2.67. The molecular weight excluding hydrogens is 612 g/mol. The lowest BCUT2D eigenvalue weighted by molar-refractivity contribution is -0.392. The summed E-state index contributed by atoms with van der Waals surface area (Å²) in [6.45, 7) is -2.33. The summed E-state index contributed by atoms with van der Waals surface area (Å²) in [6, 6.07) is 0. The fourth-order valence-electron chi connectivity index (χ4n) is 5.20. The first-order chi connectivity index (χ1) is 20.7. The molecule has 19 atom stereocenters. The predicted molar refractivity (Wildman–Crippen MR) is 128 cm³/mol. The lowest BCUT2D eigenvalue weighted by atomic mass is 9.96. The zero-order valence-electron chi connectivity index (χ0n) is 22.7. The highest BCUT2D eigenvalue weighted by molar-refractivity contribution is 5.73. The van der Waals surface area contributed by atoms with Crippen molar-refractivity contribution >= 4 is 5.97 Å². The van der Waals surface area contributed by atoms with Gasteiger partial charge in [-0.25, -0.2) is 4.79 Å². The Morgan fingerprint density at radius 3 is 1.52 bits per heavy atom. The van der Waals surface area contributed by atoms with E-state index in [4.69, 9.17) is 33.2 Å². The van der Waals surface area contributed by atoms with E-state index in [1.165, 1.54) is 0 Å². The van der Waals surface area contributed by atoms with Gasteiger partial charge < -0.3 is 99.5 Å². The first-order valence-corrected chi connectivity index (χ1v) is 13.5. The van der Waals surface area contributed by atoms with Crippen molar-refractivity contribution in [3.8, 4) is 0 Å². The highest BCUT2D eigenvalue weighted by Crippen LogP contribution is 2.34. The van der Waals surface area contributed by atoms with E-state index in [-0.39, 0.29) is 0 Å². The van der Waals surface area contributed by atoms with Crippen LogP contribution in [0.2, 0.25) is 0 Å². The van der Waals surface area contributed by atoms with E-state index in [0.717, 1.165) is 0 Å². The van der Waals surface area contributed by atoms with Crippen LogP contribution in [0.25, 0.3) is 0 Å². The molecule has 0 unspecified atom stereocenters. The normalized spacial score (nSPS) is 52.0. The van der Waals surface area contributed by atoms with Crippen LogP contribution in [0.15, 0.2) is 0 Å². The van der Waals surface area contributed by atoms with Gasteiger partial charge in [0.2, 0.25) is 0 Å². The molecule has 44 heavy (non-hydrogen) atoms. The highest BCUT2D eigenvalue weighted by Gasteiger charge is 2.56. The average Bonchev–Trinajstić information content (AvgIpc) is 2.99. The van der Waals surface area contributed by atoms with Crippen LogP contribution >= 0.6 is 0 Å². The van der Waals surface area contributed by atoms with Crippen LogP contribution in [0.4, 0.5) is 0 Å². The standard InChI is InChI=1S/C23H38O21/c24-1-5-8(28)10(30)12(32)21(39-5)43-17-7(27)4(26)3-38-23(17)42-15-14(34)16(19(35)36)41-20(37)18(15)44-22-13(33)11(31)9(29)6(2-25)40-22/h4-18,20-34,37H,1-3H2,(H,35,36)/t4-,5+,6+,7-,8+,9-,10-,11-,12+,13+,14-,15-,16-,17+,18+,20+,21-,22-,23-/m0/s1. The van der Waals surface area contributed by atoms with Gasteiger partial charge in [-0.1, -0.05) is 0 Å². The van der Waals surface area contributed by atoms with Crippen molar-refractivity contribution in [3.63, 3.8) is 0 Å². The molecule has 4 aliphatic rings. The minimum absolute atomic E-state index is 0.636. The van der Waals surface area contributed by atoms with Crippen molar-refractivity contribution in [2.24, 2.45) is 0 Å². The molecule has 0 aromatic heterocycles. The third-order valence-electron chi connectivity index (χ3n) is 7.78. The minimum atomic E-state index is -2.25. The molecule has 0 saturated carbocycles. The summed E-state index contributed by atoms with van der Waals surface area (Å²) in [5, 5.41) is 132. The van der Waals surface area contributed by atoms with Crippen molar-refractivity contribution in [1.82, 2.24) is 0 Å². The Morgan fingerprint density at radius 1 is 0.568 bits per heavy atom. The summed E-state index contributed by atoms with van der Waals surface area (Å²) < 4.78 is 37.5. The number of hydrogen-bond acceptors (Lipinski definition) is 20. The van der Waals surface area contributed by atoms with Crippen molar-refractivity contribution < 1.29 is 104 Å². The second-order valence-electron chi connectivity index (χ2n) is 10.7. The van der Waals surface area contributed by atoms with Gasteiger partial charge in [0.05, 0.1) is 19.8 Å². The number of hydrogen-bond donors (Lipinski definition) is 13. The maximum Gasteiger partial charge on any atom is 0.335 e. The third-order valence-corrected chi connectivity index (χ3v) is 7.78. The Hall–Kier alpha value is -1.29. The fraction of sp³-hybridized carbons (Fsp3) is 0.957. The number of aliphatic hydroxyl groups excluding tert-OH is 12. The zero-order valence-corrected chi connectivity index (χ0v) is 22.7. The lowest BCUT2D eigenvalue weighted by Gasteiger charge is -2.48. The SMILES string of the molecule is O=C(O)[C@H]1O[C@@H](O)[C@H](O[C@@H]2O[C@H](CO)[C@H](O)[C@H](O)[C@H]2O)[C@@H](O[C@@H]2OC[C@H](O)[C@H](O)[C@H]2O[C@@H]2O[C@H](CO)[C@@H](O)[C@H](O)[C@H]2O)[C@@H]1O. The Labute approximate surface area is 247 Å². The molecule has 4 fully saturated rings. The van der Waals surface area contributed by atoms with Crippen molar-refractivity contribution in [2.45, 2.75) is 117 Å². The molecule has 0 radical (unpaired) electrons. The number of rotatable bonds is 9. The Kier molecular flexibility index (Phi) is 11.8. The van der Waals surface area contributed by atoms with Gasteiger partial charge in [-0.15, -0.1) is 0 Å². The number of carbonyl (C=O) groups is 1. The maximum absolute atomic E-state index is 11.7. The molecule has 0 spiro atoms. The number of ether oxygens (including phenoxy) is 7. The molecule has 256 valence electrons. The number of aliphatic carboxylic acids is 1. The maximum atomic E-state index is 11.7. The van der Waals surface area contributed by atoms with E-state index >= 15 is 0 Å². The number of carboxylic acids is 1. The quantitative estimate of drug-likeness (QED) is 0.110. The van der Waals surface area contributed by atoms with Crippen molar-refractivity contribution in [3.05, 3.63) is 0 Å². The van der Waals surface area contributed by atoms with Gasteiger partial charge >= 0.3 is 5.97 Å². The van der Waals surface area contributed by atoms with Crippen LogP contribution in [0, 0.1) is 0 Å². The highest BCUT2D eigenvalue weighted by atomic mass is 16.8. The van der Waals surface area contributed by atoms with Crippen LogP contribution in [0.3, 0.4) is 0 Å². The third kappa shape index (κ3) is 7.01. The topological polar surface area (TPSA) is 345 Å². The molecule has 4 aliphatic heterocycles. The molecule has 13 N–H and O–H groups in total.